The molecule has 0 atom stereocenters. The number of hydrogen-bond donors (Lipinski definition) is 1. The Balaban J connectivity index is 1.70. The highest BCUT2D eigenvalue weighted by Gasteiger charge is 2.03. The van der Waals surface area contributed by atoms with E-state index < -0.39 is 0 Å². The Morgan fingerprint density at radius 2 is 1.74 bits per heavy atom. The Hall–Kier alpha value is -2.65. The fraction of sp³-hybridized carbons (Fsp3) is 0.150. The topological polar surface area (TPSA) is 48.1 Å². The van der Waals surface area contributed by atoms with Crippen molar-refractivity contribution in [1.82, 2.24) is 4.98 Å². The van der Waals surface area contributed by atoms with E-state index in [2.05, 4.69) is 30.1 Å². The van der Waals surface area contributed by atoms with Crippen LogP contribution in [0.15, 0.2) is 66.9 Å². The lowest BCUT2D eigenvalue weighted by atomic mass is 10.0. The molecule has 1 aromatic heterocycles. The van der Waals surface area contributed by atoms with Crippen LogP contribution < -0.4 is 10.5 Å². The summed E-state index contributed by atoms with van der Waals surface area (Å²) in [5.41, 5.74) is 11.4. The maximum atomic E-state index is 5.72. The van der Waals surface area contributed by atoms with E-state index in [4.69, 9.17) is 10.5 Å². The summed E-state index contributed by atoms with van der Waals surface area (Å²) in [5.74, 6) is 0.632. The van der Waals surface area contributed by atoms with Gasteiger partial charge in [-0.2, -0.15) is 0 Å². The van der Waals surface area contributed by atoms with Crippen LogP contribution in [0.2, 0.25) is 0 Å². The van der Waals surface area contributed by atoms with Gasteiger partial charge in [-0.15, -0.1) is 0 Å². The Kier molecular flexibility index (Phi) is 4.69. The third-order valence-electron chi connectivity index (χ3n) is 3.86. The maximum absolute atomic E-state index is 5.72. The van der Waals surface area contributed by atoms with Crippen molar-refractivity contribution in [3.8, 4) is 17.0 Å². The highest BCUT2D eigenvalue weighted by Crippen LogP contribution is 2.23. The average Bonchev–Trinajstić information content (AvgIpc) is 2.61. The van der Waals surface area contributed by atoms with Gasteiger partial charge in [-0.25, -0.2) is 4.98 Å². The SMILES string of the molecule is Cc1cc(-c2ccc(OCc3ccccc3)nc2)ccc1CN. The van der Waals surface area contributed by atoms with E-state index in [1.807, 2.05) is 48.7 Å². The van der Waals surface area contributed by atoms with Crippen LogP contribution in [0.3, 0.4) is 0 Å². The van der Waals surface area contributed by atoms with E-state index in [1.165, 1.54) is 11.1 Å². The second-order valence-corrected chi connectivity index (χ2v) is 5.50. The number of aryl methyl sites for hydroxylation is 1. The molecule has 0 saturated heterocycles. The lowest BCUT2D eigenvalue weighted by Gasteiger charge is -2.08. The molecule has 3 heteroatoms. The van der Waals surface area contributed by atoms with Crippen LogP contribution in [-0.4, -0.2) is 4.98 Å². The minimum atomic E-state index is 0.525. The van der Waals surface area contributed by atoms with E-state index >= 15 is 0 Å². The van der Waals surface area contributed by atoms with Crippen LogP contribution in [0.1, 0.15) is 16.7 Å². The van der Waals surface area contributed by atoms with Gasteiger partial charge in [0.15, 0.2) is 0 Å². The van der Waals surface area contributed by atoms with Gasteiger partial charge >= 0.3 is 0 Å². The van der Waals surface area contributed by atoms with Crippen molar-refractivity contribution in [1.29, 1.82) is 0 Å². The zero-order chi connectivity index (χ0) is 16.1. The van der Waals surface area contributed by atoms with E-state index in [9.17, 15) is 0 Å². The van der Waals surface area contributed by atoms with Gasteiger partial charge in [-0.1, -0.05) is 48.5 Å². The van der Waals surface area contributed by atoms with Crippen molar-refractivity contribution in [2.24, 2.45) is 5.73 Å². The monoisotopic (exact) mass is 304 g/mol. The van der Waals surface area contributed by atoms with Gasteiger partial charge in [0, 0.05) is 24.4 Å². The highest BCUT2D eigenvalue weighted by atomic mass is 16.5. The quantitative estimate of drug-likeness (QED) is 0.772. The molecular weight excluding hydrogens is 284 g/mol. The van der Waals surface area contributed by atoms with E-state index in [0.717, 1.165) is 16.7 Å². The Morgan fingerprint density at radius 1 is 0.957 bits per heavy atom. The molecule has 0 amide bonds. The van der Waals surface area contributed by atoms with Gasteiger partial charge in [0.25, 0.3) is 0 Å². The van der Waals surface area contributed by atoms with E-state index in [0.29, 0.717) is 19.0 Å². The van der Waals surface area contributed by atoms with E-state index in [1.54, 1.807) is 0 Å². The van der Waals surface area contributed by atoms with Crippen molar-refractivity contribution in [2.45, 2.75) is 20.1 Å². The van der Waals surface area contributed by atoms with Gasteiger partial charge < -0.3 is 10.5 Å². The first kappa shape index (κ1) is 15.3. The lowest BCUT2D eigenvalue weighted by molar-refractivity contribution is 0.294. The van der Waals surface area contributed by atoms with E-state index in [-0.39, 0.29) is 0 Å². The summed E-state index contributed by atoms with van der Waals surface area (Å²) in [5, 5.41) is 0. The minimum absolute atomic E-state index is 0.525. The summed E-state index contributed by atoms with van der Waals surface area (Å²) in [6, 6.07) is 20.3. The van der Waals surface area contributed by atoms with Gasteiger partial charge in [0.05, 0.1) is 0 Å². The van der Waals surface area contributed by atoms with Crippen molar-refractivity contribution < 1.29 is 4.74 Å². The first-order valence-electron chi connectivity index (χ1n) is 7.69. The van der Waals surface area contributed by atoms with Gasteiger partial charge in [0.2, 0.25) is 5.88 Å². The summed E-state index contributed by atoms with van der Waals surface area (Å²) in [4.78, 5) is 4.40. The Labute approximate surface area is 136 Å². The molecule has 0 aliphatic rings. The zero-order valence-corrected chi connectivity index (χ0v) is 13.2. The average molecular weight is 304 g/mol. The van der Waals surface area contributed by atoms with Crippen molar-refractivity contribution in [3.63, 3.8) is 0 Å². The molecule has 3 aromatic rings. The van der Waals surface area contributed by atoms with Crippen LogP contribution in [-0.2, 0) is 13.2 Å². The Morgan fingerprint density at radius 3 is 2.39 bits per heavy atom. The fourth-order valence-electron chi connectivity index (χ4n) is 2.47. The van der Waals surface area contributed by atoms with Gasteiger partial charge in [0.1, 0.15) is 6.61 Å². The molecule has 1 heterocycles. The van der Waals surface area contributed by atoms with Crippen molar-refractivity contribution >= 4 is 0 Å². The minimum Gasteiger partial charge on any atom is -0.473 e. The normalized spacial score (nSPS) is 10.5. The summed E-state index contributed by atoms with van der Waals surface area (Å²) in [7, 11) is 0. The molecule has 2 N–H and O–H groups in total. The van der Waals surface area contributed by atoms with Crippen LogP contribution in [0.4, 0.5) is 0 Å². The molecular formula is C20H20N2O. The fourth-order valence-corrected chi connectivity index (χ4v) is 2.47. The predicted molar refractivity (Wildman–Crippen MR) is 93.1 cm³/mol. The molecule has 0 aliphatic carbocycles. The van der Waals surface area contributed by atoms with Gasteiger partial charge in [-0.3, -0.25) is 0 Å². The smallest absolute Gasteiger partial charge is 0.213 e. The standard InChI is InChI=1S/C20H20N2O/c1-15-11-17(7-8-18(15)12-21)19-9-10-20(22-13-19)23-14-16-5-3-2-4-6-16/h2-11,13H,12,14,21H2,1H3. The number of aromatic nitrogens is 1. The first-order valence-corrected chi connectivity index (χ1v) is 7.69. The number of nitrogens with two attached hydrogens (primary N) is 1. The Bertz CT molecular complexity index is 767. The number of nitrogens with zero attached hydrogens (tertiary/aromatic N) is 1. The molecule has 0 unspecified atom stereocenters. The number of rotatable bonds is 5. The molecule has 116 valence electrons. The first-order chi connectivity index (χ1) is 11.3. The number of pyridine rings is 1. The molecule has 0 aliphatic heterocycles. The zero-order valence-electron chi connectivity index (χ0n) is 13.2. The van der Waals surface area contributed by atoms with Crippen LogP contribution >= 0.6 is 0 Å². The number of benzene rings is 2. The van der Waals surface area contributed by atoms with Crippen LogP contribution in [0.25, 0.3) is 11.1 Å². The van der Waals surface area contributed by atoms with Crippen LogP contribution in [0, 0.1) is 6.92 Å². The van der Waals surface area contributed by atoms with Crippen LogP contribution in [0.5, 0.6) is 5.88 Å². The molecule has 0 spiro atoms. The second kappa shape index (κ2) is 7.07. The number of hydrogen-bond acceptors (Lipinski definition) is 3. The highest BCUT2D eigenvalue weighted by molar-refractivity contribution is 5.64. The molecule has 0 fully saturated rings. The maximum Gasteiger partial charge on any atom is 0.213 e. The molecule has 0 radical (unpaired) electrons. The van der Waals surface area contributed by atoms with Crippen molar-refractivity contribution in [2.75, 3.05) is 0 Å². The lowest BCUT2D eigenvalue weighted by Crippen LogP contribution is -1.99. The summed E-state index contributed by atoms with van der Waals surface area (Å²) in [6.07, 6.45) is 1.84. The molecule has 2 aromatic carbocycles. The molecule has 0 bridgehead atoms. The molecule has 23 heavy (non-hydrogen) atoms. The van der Waals surface area contributed by atoms with Crippen molar-refractivity contribution in [3.05, 3.63) is 83.6 Å². The molecule has 3 rings (SSSR count). The predicted octanol–water partition coefficient (Wildman–Crippen LogP) is 4.09. The molecule has 0 saturated carbocycles. The summed E-state index contributed by atoms with van der Waals surface area (Å²) in [6.45, 7) is 3.17. The largest absolute Gasteiger partial charge is 0.473 e. The summed E-state index contributed by atoms with van der Waals surface area (Å²) >= 11 is 0. The second-order valence-electron chi connectivity index (χ2n) is 5.50. The third-order valence-corrected chi connectivity index (χ3v) is 3.86. The summed E-state index contributed by atoms with van der Waals surface area (Å²) < 4.78 is 5.72. The molecule has 3 nitrogen and oxygen atoms in total. The van der Waals surface area contributed by atoms with Gasteiger partial charge in [-0.05, 0) is 35.2 Å². The third kappa shape index (κ3) is 3.76. The number of ether oxygens (including phenoxy) is 1.